The first kappa shape index (κ1) is 12.9. The molecule has 0 spiro atoms. The van der Waals surface area contributed by atoms with Crippen LogP contribution in [0.4, 0.5) is 0 Å². The zero-order valence-corrected chi connectivity index (χ0v) is 9.63. The number of hydrogen-bond donors (Lipinski definition) is 0. The number of benzene rings is 1. The summed E-state index contributed by atoms with van der Waals surface area (Å²) in [6, 6.07) is 14.1. The second kappa shape index (κ2) is 7.15. The lowest BCUT2D eigenvalue weighted by atomic mass is 10.2. The number of carbonyl (C=O) groups is 1. The predicted octanol–water partition coefficient (Wildman–Crippen LogP) is 3.02. The molecular formula is C13H9ClN2O. The van der Waals surface area contributed by atoms with Crippen molar-refractivity contribution in [3.8, 4) is 6.07 Å². The Morgan fingerprint density at radius 3 is 2.24 bits per heavy atom. The fraction of sp³-hybridized carbons (Fsp3) is 0. The number of rotatable bonds is 1. The molecule has 0 amide bonds. The van der Waals surface area contributed by atoms with E-state index in [0.29, 0.717) is 11.1 Å². The topological polar surface area (TPSA) is 53.8 Å². The van der Waals surface area contributed by atoms with E-state index < -0.39 is 5.24 Å². The van der Waals surface area contributed by atoms with Gasteiger partial charge in [-0.15, -0.1) is 0 Å². The highest BCUT2D eigenvalue weighted by molar-refractivity contribution is 6.67. The van der Waals surface area contributed by atoms with Crippen molar-refractivity contribution in [2.75, 3.05) is 0 Å². The van der Waals surface area contributed by atoms with E-state index in [9.17, 15) is 4.79 Å². The number of pyridine rings is 1. The second-order valence-corrected chi connectivity index (χ2v) is 3.34. The summed E-state index contributed by atoms with van der Waals surface area (Å²) in [5.41, 5.74) is 1.15. The van der Waals surface area contributed by atoms with E-state index in [1.165, 1.54) is 6.20 Å². The Morgan fingerprint density at radius 2 is 1.88 bits per heavy atom. The molecular weight excluding hydrogens is 236 g/mol. The molecule has 0 radical (unpaired) electrons. The van der Waals surface area contributed by atoms with E-state index in [0.717, 1.165) is 0 Å². The Kier molecular flexibility index (Phi) is 5.42. The van der Waals surface area contributed by atoms with Crippen LogP contribution in [0.1, 0.15) is 15.9 Å². The van der Waals surface area contributed by atoms with Gasteiger partial charge in [0.25, 0.3) is 5.24 Å². The van der Waals surface area contributed by atoms with Crippen molar-refractivity contribution in [3.05, 3.63) is 66.0 Å². The van der Waals surface area contributed by atoms with Crippen molar-refractivity contribution < 1.29 is 4.79 Å². The largest absolute Gasteiger partial charge is 0.276 e. The number of nitriles is 1. The summed E-state index contributed by atoms with van der Waals surface area (Å²) in [6.07, 6.45) is 3.17. The third-order valence-corrected chi connectivity index (χ3v) is 2.01. The van der Waals surface area contributed by atoms with E-state index in [1.807, 2.05) is 12.1 Å². The van der Waals surface area contributed by atoms with Gasteiger partial charge >= 0.3 is 0 Å². The maximum absolute atomic E-state index is 10.4. The van der Waals surface area contributed by atoms with Gasteiger partial charge in [-0.25, -0.2) is 0 Å². The smallest absolute Gasteiger partial charge is 0.252 e. The van der Waals surface area contributed by atoms with Crippen molar-refractivity contribution in [1.82, 2.24) is 4.98 Å². The van der Waals surface area contributed by atoms with Gasteiger partial charge in [-0.3, -0.25) is 9.78 Å². The van der Waals surface area contributed by atoms with Crippen molar-refractivity contribution >= 4 is 16.8 Å². The molecule has 0 unspecified atom stereocenters. The molecule has 0 bridgehead atoms. The highest BCUT2D eigenvalue weighted by Crippen LogP contribution is 2.01. The van der Waals surface area contributed by atoms with Gasteiger partial charge in [0.2, 0.25) is 0 Å². The summed E-state index contributed by atoms with van der Waals surface area (Å²) in [7, 11) is 0. The maximum Gasteiger partial charge on any atom is 0.252 e. The predicted molar refractivity (Wildman–Crippen MR) is 65.6 cm³/mol. The van der Waals surface area contributed by atoms with Crippen LogP contribution in [0.3, 0.4) is 0 Å². The van der Waals surface area contributed by atoms with Crippen LogP contribution in [0.25, 0.3) is 0 Å². The van der Waals surface area contributed by atoms with Crippen LogP contribution >= 0.6 is 11.6 Å². The molecule has 84 valence electrons. The van der Waals surface area contributed by atoms with Crippen LogP contribution in [0.15, 0.2) is 54.9 Å². The van der Waals surface area contributed by atoms with Gasteiger partial charge in [0.1, 0.15) is 6.07 Å². The molecule has 0 saturated carbocycles. The van der Waals surface area contributed by atoms with Gasteiger partial charge in [-0.2, -0.15) is 5.26 Å². The number of aromatic nitrogens is 1. The fourth-order valence-electron chi connectivity index (χ4n) is 0.998. The highest BCUT2D eigenvalue weighted by atomic mass is 35.5. The van der Waals surface area contributed by atoms with Gasteiger partial charge in [0.05, 0.1) is 5.56 Å². The van der Waals surface area contributed by atoms with Gasteiger partial charge in [-0.05, 0) is 23.7 Å². The molecule has 2 rings (SSSR count). The first-order valence-corrected chi connectivity index (χ1v) is 5.17. The van der Waals surface area contributed by atoms with E-state index in [-0.39, 0.29) is 0 Å². The van der Waals surface area contributed by atoms with E-state index in [4.69, 9.17) is 16.9 Å². The monoisotopic (exact) mass is 244 g/mol. The minimum atomic E-state index is -0.407. The summed E-state index contributed by atoms with van der Waals surface area (Å²) < 4.78 is 0. The van der Waals surface area contributed by atoms with Crippen LogP contribution in [-0.4, -0.2) is 10.2 Å². The first-order valence-electron chi connectivity index (χ1n) is 4.79. The minimum Gasteiger partial charge on any atom is -0.276 e. The maximum atomic E-state index is 10.4. The summed E-state index contributed by atoms with van der Waals surface area (Å²) in [6.45, 7) is 0. The SMILES string of the molecule is N#Cc1cccnc1.O=C(Cl)c1ccccc1. The quantitative estimate of drug-likeness (QED) is 0.725. The standard InChI is InChI=1S/C7H5ClO.C6H4N2/c8-7(9)6-4-2-1-3-5-6;7-4-6-2-1-3-8-5-6/h1-5H;1-3,5H. The Morgan fingerprint density at radius 1 is 1.18 bits per heavy atom. The lowest BCUT2D eigenvalue weighted by Crippen LogP contribution is -1.84. The molecule has 0 fully saturated rings. The molecule has 0 N–H and O–H groups in total. The van der Waals surface area contributed by atoms with E-state index in [1.54, 1.807) is 42.6 Å². The van der Waals surface area contributed by atoms with Crippen molar-refractivity contribution in [2.24, 2.45) is 0 Å². The normalized spacial score (nSPS) is 8.47. The summed E-state index contributed by atoms with van der Waals surface area (Å²) in [5.74, 6) is 0. The van der Waals surface area contributed by atoms with E-state index in [2.05, 4.69) is 4.98 Å². The van der Waals surface area contributed by atoms with Crippen molar-refractivity contribution in [1.29, 1.82) is 5.26 Å². The Bertz CT molecular complexity index is 506. The van der Waals surface area contributed by atoms with Gasteiger partial charge in [0.15, 0.2) is 0 Å². The van der Waals surface area contributed by atoms with Crippen LogP contribution in [-0.2, 0) is 0 Å². The first-order chi connectivity index (χ1) is 8.24. The number of halogens is 1. The van der Waals surface area contributed by atoms with Crippen LogP contribution in [0, 0.1) is 11.3 Å². The summed E-state index contributed by atoms with van der Waals surface area (Å²) >= 11 is 5.16. The highest BCUT2D eigenvalue weighted by Gasteiger charge is 1.95. The van der Waals surface area contributed by atoms with Crippen molar-refractivity contribution in [2.45, 2.75) is 0 Å². The average molecular weight is 245 g/mol. The van der Waals surface area contributed by atoms with Crippen molar-refractivity contribution in [3.63, 3.8) is 0 Å². The lowest BCUT2D eigenvalue weighted by Gasteiger charge is -1.87. The zero-order valence-electron chi connectivity index (χ0n) is 8.88. The summed E-state index contributed by atoms with van der Waals surface area (Å²) in [5, 5.41) is 7.84. The van der Waals surface area contributed by atoms with Crippen LogP contribution in [0.2, 0.25) is 0 Å². The molecule has 1 aromatic heterocycles. The second-order valence-electron chi connectivity index (χ2n) is 2.99. The molecule has 1 heterocycles. The Balaban J connectivity index is 0.000000171. The third kappa shape index (κ3) is 4.92. The molecule has 4 heteroatoms. The Labute approximate surface area is 104 Å². The molecule has 0 aliphatic carbocycles. The van der Waals surface area contributed by atoms with Gasteiger partial charge < -0.3 is 0 Å². The molecule has 17 heavy (non-hydrogen) atoms. The van der Waals surface area contributed by atoms with Gasteiger partial charge in [0, 0.05) is 18.0 Å². The summed E-state index contributed by atoms with van der Waals surface area (Å²) in [4.78, 5) is 14.1. The van der Waals surface area contributed by atoms with Crippen LogP contribution < -0.4 is 0 Å². The molecule has 0 saturated heterocycles. The number of hydrogen-bond acceptors (Lipinski definition) is 3. The van der Waals surface area contributed by atoms with Crippen LogP contribution in [0.5, 0.6) is 0 Å². The molecule has 0 atom stereocenters. The molecule has 0 aliphatic rings. The van der Waals surface area contributed by atoms with Gasteiger partial charge in [-0.1, -0.05) is 30.3 Å². The molecule has 2 aromatic rings. The Hall–Kier alpha value is -2.18. The fourth-order valence-corrected chi connectivity index (χ4v) is 1.12. The molecule has 1 aromatic carbocycles. The molecule has 0 aliphatic heterocycles. The average Bonchev–Trinajstić information content (AvgIpc) is 2.41. The van der Waals surface area contributed by atoms with E-state index >= 15 is 0 Å². The third-order valence-electron chi connectivity index (χ3n) is 1.79. The molecule has 3 nitrogen and oxygen atoms in total. The zero-order chi connectivity index (χ0) is 12.5. The number of nitrogens with zero attached hydrogens (tertiary/aromatic N) is 2. The number of carbonyl (C=O) groups excluding carboxylic acids is 1. The minimum absolute atomic E-state index is 0.407. The lowest BCUT2D eigenvalue weighted by molar-refractivity contribution is 0.108.